The lowest BCUT2D eigenvalue weighted by atomic mass is 10.1. The highest BCUT2D eigenvalue weighted by molar-refractivity contribution is 6.35. The Morgan fingerprint density at radius 3 is 2.20 bits per heavy atom. The fourth-order valence-corrected chi connectivity index (χ4v) is 1.72. The van der Waals surface area contributed by atoms with Gasteiger partial charge in [0.05, 0.1) is 10.0 Å². The van der Waals surface area contributed by atoms with Crippen molar-refractivity contribution in [3.8, 4) is 11.1 Å². The first-order chi connectivity index (χ1) is 7.20. The first-order valence-corrected chi connectivity index (χ1v) is 4.99. The average Bonchev–Trinajstić information content (AvgIpc) is 2.26. The summed E-state index contributed by atoms with van der Waals surface area (Å²) in [5, 5.41) is 0.398. The van der Waals surface area contributed by atoms with Crippen molar-refractivity contribution in [3.05, 3.63) is 52.5 Å². The van der Waals surface area contributed by atoms with Crippen LogP contribution in [0.3, 0.4) is 0 Å². The minimum absolute atomic E-state index is 0.0613. The van der Waals surface area contributed by atoms with Crippen LogP contribution in [-0.4, -0.2) is 4.98 Å². The Morgan fingerprint density at radius 2 is 1.53 bits per heavy atom. The van der Waals surface area contributed by atoms with E-state index in [1.807, 2.05) is 0 Å². The molecule has 0 spiro atoms. The summed E-state index contributed by atoms with van der Waals surface area (Å²) >= 11 is 11.6. The lowest BCUT2D eigenvalue weighted by Gasteiger charge is -2.06. The Kier molecular flexibility index (Phi) is 2.89. The molecule has 1 aromatic heterocycles. The normalized spacial score (nSPS) is 10.3. The zero-order valence-electron chi connectivity index (χ0n) is 7.55. The maximum absolute atomic E-state index is 13.7. The number of halogens is 3. The SMILES string of the molecule is Fc1c(Cl)ccc(Cl)c1-c1ccncc1. The number of hydrogen-bond donors (Lipinski definition) is 0. The van der Waals surface area contributed by atoms with Crippen molar-refractivity contribution in [3.63, 3.8) is 0 Å². The number of hydrogen-bond acceptors (Lipinski definition) is 1. The fourth-order valence-electron chi connectivity index (χ4n) is 1.31. The van der Waals surface area contributed by atoms with Crippen LogP contribution in [0.25, 0.3) is 11.1 Å². The van der Waals surface area contributed by atoms with E-state index in [0.717, 1.165) is 0 Å². The molecule has 0 amide bonds. The minimum Gasteiger partial charge on any atom is -0.265 e. The van der Waals surface area contributed by atoms with E-state index in [4.69, 9.17) is 23.2 Å². The van der Waals surface area contributed by atoms with E-state index >= 15 is 0 Å². The third-order valence-electron chi connectivity index (χ3n) is 2.01. The number of aromatic nitrogens is 1. The lowest BCUT2D eigenvalue weighted by molar-refractivity contribution is 0.632. The molecule has 0 saturated carbocycles. The highest BCUT2D eigenvalue weighted by Gasteiger charge is 2.12. The molecule has 4 heteroatoms. The number of benzene rings is 1. The van der Waals surface area contributed by atoms with Crippen molar-refractivity contribution in [1.82, 2.24) is 4.98 Å². The van der Waals surface area contributed by atoms with E-state index in [1.54, 1.807) is 30.6 Å². The first kappa shape index (κ1) is 10.4. The summed E-state index contributed by atoms with van der Waals surface area (Å²) in [6.07, 6.45) is 3.15. The minimum atomic E-state index is -0.504. The van der Waals surface area contributed by atoms with Gasteiger partial charge in [0.1, 0.15) is 0 Å². The van der Waals surface area contributed by atoms with E-state index in [2.05, 4.69) is 4.98 Å². The number of rotatable bonds is 1. The van der Waals surface area contributed by atoms with Crippen LogP contribution >= 0.6 is 23.2 Å². The number of nitrogens with zero attached hydrogens (tertiary/aromatic N) is 1. The summed E-state index contributed by atoms with van der Waals surface area (Å²) in [5.74, 6) is -0.504. The molecule has 0 aliphatic rings. The van der Waals surface area contributed by atoms with Crippen molar-refractivity contribution in [2.45, 2.75) is 0 Å². The molecule has 0 radical (unpaired) electrons. The molecule has 0 atom stereocenters. The van der Waals surface area contributed by atoms with Gasteiger partial charge in [-0.2, -0.15) is 0 Å². The van der Waals surface area contributed by atoms with Gasteiger partial charge in [-0.1, -0.05) is 23.2 Å². The van der Waals surface area contributed by atoms with Crippen molar-refractivity contribution in [2.24, 2.45) is 0 Å². The standard InChI is InChI=1S/C11H6Cl2FN/c12-8-1-2-9(13)11(14)10(8)7-3-5-15-6-4-7/h1-6H. The van der Waals surface area contributed by atoms with Crippen molar-refractivity contribution in [1.29, 1.82) is 0 Å². The van der Waals surface area contributed by atoms with Gasteiger partial charge in [-0.05, 0) is 29.8 Å². The maximum atomic E-state index is 13.7. The first-order valence-electron chi connectivity index (χ1n) is 4.24. The van der Waals surface area contributed by atoms with Crippen molar-refractivity contribution < 1.29 is 4.39 Å². The summed E-state index contributed by atoms with van der Waals surface area (Å²) in [5.41, 5.74) is 0.974. The molecule has 76 valence electrons. The van der Waals surface area contributed by atoms with Crippen LogP contribution < -0.4 is 0 Å². The summed E-state index contributed by atoms with van der Waals surface area (Å²) in [4.78, 5) is 3.85. The Labute approximate surface area is 96.5 Å². The second-order valence-corrected chi connectivity index (χ2v) is 3.77. The van der Waals surface area contributed by atoms with Gasteiger partial charge in [0.15, 0.2) is 5.82 Å². The molecular formula is C11H6Cl2FN. The highest BCUT2D eigenvalue weighted by atomic mass is 35.5. The van der Waals surface area contributed by atoms with Crippen LogP contribution in [0.4, 0.5) is 4.39 Å². The molecule has 1 nitrogen and oxygen atoms in total. The molecule has 0 saturated heterocycles. The Bertz CT molecular complexity index is 485. The van der Waals surface area contributed by atoms with Crippen molar-refractivity contribution >= 4 is 23.2 Å². The molecule has 0 aliphatic heterocycles. The van der Waals surface area contributed by atoms with Gasteiger partial charge >= 0.3 is 0 Å². The topological polar surface area (TPSA) is 12.9 Å². The van der Waals surface area contributed by atoms with Crippen LogP contribution in [0.1, 0.15) is 0 Å². The molecule has 1 heterocycles. The van der Waals surface area contributed by atoms with Gasteiger partial charge in [0.2, 0.25) is 0 Å². The Morgan fingerprint density at radius 1 is 0.933 bits per heavy atom. The molecular weight excluding hydrogens is 236 g/mol. The van der Waals surface area contributed by atoms with Crippen LogP contribution in [0.5, 0.6) is 0 Å². The molecule has 0 unspecified atom stereocenters. The molecule has 0 aliphatic carbocycles. The molecule has 0 N–H and O–H groups in total. The Balaban J connectivity index is 2.68. The van der Waals surface area contributed by atoms with Crippen LogP contribution in [0, 0.1) is 5.82 Å². The van der Waals surface area contributed by atoms with E-state index in [0.29, 0.717) is 16.1 Å². The van der Waals surface area contributed by atoms with Gasteiger partial charge in [-0.3, -0.25) is 4.98 Å². The molecule has 15 heavy (non-hydrogen) atoms. The summed E-state index contributed by atoms with van der Waals surface area (Å²) in [6, 6.07) is 6.37. The third-order valence-corrected chi connectivity index (χ3v) is 2.62. The van der Waals surface area contributed by atoms with Crippen LogP contribution in [0.15, 0.2) is 36.7 Å². The second kappa shape index (κ2) is 4.17. The zero-order valence-corrected chi connectivity index (χ0v) is 9.06. The Hall–Kier alpha value is -1.12. The van der Waals surface area contributed by atoms with E-state index in [-0.39, 0.29) is 5.02 Å². The molecule has 0 bridgehead atoms. The summed E-state index contributed by atoms with van der Waals surface area (Å²) < 4.78 is 13.7. The quantitative estimate of drug-likeness (QED) is 0.683. The van der Waals surface area contributed by atoms with Crippen LogP contribution in [0.2, 0.25) is 10.0 Å². The lowest BCUT2D eigenvalue weighted by Crippen LogP contribution is -1.87. The van der Waals surface area contributed by atoms with Gasteiger partial charge in [0, 0.05) is 18.0 Å². The maximum Gasteiger partial charge on any atom is 0.151 e. The second-order valence-electron chi connectivity index (χ2n) is 2.95. The highest BCUT2D eigenvalue weighted by Crippen LogP contribution is 2.33. The largest absolute Gasteiger partial charge is 0.265 e. The molecule has 1 aromatic carbocycles. The van der Waals surface area contributed by atoms with E-state index in [9.17, 15) is 4.39 Å². The van der Waals surface area contributed by atoms with Gasteiger partial charge in [0.25, 0.3) is 0 Å². The average molecular weight is 242 g/mol. The predicted molar refractivity (Wildman–Crippen MR) is 59.7 cm³/mol. The fraction of sp³-hybridized carbons (Fsp3) is 0. The van der Waals surface area contributed by atoms with Gasteiger partial charge in [-0.15, -0.1) is 0 Å². The monoisotopic (exact) mass is 241 g/mol. The zero-order chi connectivity index (χ0) is 10.8. The summed E-state index contributed by atoms with van der Waals surface area (Å²) in [6.45, 7) is 0. The third kappa shape index (κ3) is 1.96. The van der Waals surface area contributed by atoms with Gasteiger partial charge in [-0.25, -0.2) is 4.39 Å². The van der Waals surface area contributed by atoms with E-state index < -0.39 is 5.82 Å². The van der Waals surface area contributed by atoms with Crippen molar-refractivity contribution in [2.75, 3.05) is 0 Å². The predicted octanol–water partition coefficient (Wildman–Crippen LogP) is 4.19. The van der Waals surface area contributed by atoms with Gasteiger partial charge < -0.3 is 0 Å². The number of pyridine rings is 1. The smallest absolute Gasteiger partial charge is 0.151 e. The molecule has 2 aromatic rings. The van der Waals surface area contributed by atoms with Crippen LogP contribution in [-0.2, 0) is 0 Å². The summed E-state index contributed by atoms with van der Waals surface area (Å²) in [7, 11) is 0. The van der Waals surface area contributed by atoms with E-state index in [1.165, 1.54) is 6.07 Å². The molecule has 0 fully saturated rings. The molecule has 2 rings (SSSR count).